The largest absolute Gasteiger partial charge is 0.465 e. The molecule has 0 spiro atoms. The maximum absolute atomic E-state index is 13.0. The van der Waals surface area contributed by atoms with Gasteiger partial charge in [-0.15, -0.1) is 22.0 Å². The van der Waals surface area contributed by atoms with Crippen molar-refractivity contribution in [3.63, 3.8) is 0 Å². The van der Waals surface area contributed by atoms with E-state index >= 15 is 0 Å². The van der Waals surface area contributed by atoms with Crippen molar-refractivity contribution in [2.45, 2.75) is 30.1 Å². The summed E-state index contributed by atoms with van der Waals surface area (Å²) < 4.78 is 19.7. The fourth-order valence-corrected chi connectivity index (χ4v) is 4.64. The number of ether oxygens (including phenoxy) is 1. The number of halogens is 1. The average molecular weight is 475 g/mol. The Morgan fingerprint density at radius 3 is 2.56 bits per heavy atom. The minimum Gasteiger partial charge on any atom is -0.465 e. The highest BCUT2D eigenvalue weighted by atomic mass is 32.2. The highest BCUT2D eigenvalue weighted by Crippen LogP contribution is 2.23. The van der Waals surface area contributed by atoms with Gasteiger partial charge >= 0.3 is 5.97 Å². The zero-order valence-corrected chi connectivity index (χ0v) is 19.3. The van der Waals surface area contributed by atoms with Crippen molar-refractivity contribution in [3.8, 4) is 0 Å². The van der Waals surface area contributed by atoms with Crippen LogP contribution < -0.4 is 5.32 Å². The first-order valence-electron chi connectivity index (χ1n) is 9.86. The molecule has 1 N–H and O–H groups in total. The Morgan fingerprint density at radius 2 is 1.84 bits per heavy atom. The molecule has 10 heteroatoms. The number of carbonyl (C=O) groups is 2. The molecule has 1 heterocycles. The van der Waals surface area contributed by atoms with Gasteiger partial charge in [0.1, 0.15) is 11.6 Å². The first-order valence-corrected chi connectivity index (χ1v) is 12.0. The van der Waals surface area contributed by atoms with E-state index < -0.39 is 5.97 Å². The van der Waals surface area contributed by atoms with E-state index in [1.54, 1.807) is 48.2 Å². The van der Waals surface area contributed by atoms with E-state index in [1.807, 2.05) is 11.5 Å². The van der Waals surface area contributed by atoms with Gasteiger partial charge in [-0.05, 0) is 36.8 Å². The Kier molecular flexibility index (Phi) is 8.69. The van der Waals surface area contributed by atoms with Crippen molar-refractivity contribution in [1.29, 1.82) is 0 Å². The Balaban J connectivity index is 1.55. The number of nitrogens with one attached hydrogen (secondary N) is 1. The van der Waals surface area contributed by atoms with Gasteiger partial charge in [0.2, 0.25) is 5.91 Å². The van der Waals surface area contributed by atoms with Crippen LogP contribution in [-0.4, -0.2) is 39.5 Å². The number of rotatable bonds is 10. The van der Waals surface area contributed by atoms with E-state index in [-0.39, 0.29) is 17.5 Å². The number of para-hydroxylation sites is 1. The van der Waals surface area contributed by atoms with E-state index in [9.17, 15) is 14.0 Å². The van der Waals surface area contributed by atoms with Gasteiger partial charge < -0.3 is 14.6 Å². The van der Waals surface area contributed by atoms with Gasteiger partial charge in [-0.3, -0.25) is 4.79 Å². The molecule has 7 nitrogen and oxygen atoms in total. The Hall–Kier alpha value is -2.85. The maximum Gasteiger partial charge on any atom is 0.339 e. The summed E-state index contributed by atoms with van der Waals surface area (Å²) in [5.74, 6) is 1.31. The summed E-state index contributed by atoms with van der Waals surface area (Å²) in [6.07, 6.45) is 0. The van der Waals surface area contributed by atoms with Gasteiger partial charge in [0.05, 0.1) is 29.9 Å². The lowest BCUT2D eigenvalue weighted by molar-refractivity contribution is -0.113. The molecule has 0 fully saturated rings. The first kappa shape index (κ1) is 23.8. The van der Waals surface area contributed by atoms with Crippen LogP contribution in [0, 0.1) is 5.82 Å². The van der Waals surface area contributed by atoms with Crippen molar-refractivity contribution in [1.82, 2.24) is 14.8 Å². The molecule has 0 atom stereocenters. The van der Waals surface area contributed by atoms with Crippen LogP contribution in [0.1, 0.15) is 28.7 Å². The van der Waals surface area contributed by atoms with Crippen LogP contribution in [0.5, 0.6) is 0 Å². The van der Waals surface area contributed by atoms with E-state index in [0.29, 0.717) is 28.7 Å². The molecular formula is C22H23FN4O3S2. The number of esters is 1. The molecule has 3 rings (SSSR count). The number of amides is 1. The van der Waals surface area contributed by atoms with Crippen molar-refractivity contribution in [2.75, 3.05) is 18.2 Å². The number of carbonyl (C=O) groups excluding carboxylic acids is 2. The molecule has 0 saturated heterocycles. The van der Waals surface area contributed by atoms with Gasteiger partial charge in [0.15, 0.2) is 5.16 Å². The van der Waals surface area contributed by atoms with Gasteiger partial charge in [-0.2, -0.15) is 0 Å². The van der Waals surface area contributed by atoms with E-state index in [2.05, 4.69) is 15.5 Å². The van der Waals surface area contributed by atoms with E-state index in [1.165, 1.54) is 31.0 Å². The summed E-state index contributed by atoms with van der Waals surface area (Å²) in [7, 11) is 1.30. The molecule has 0 aliphatic heterocycles. The zero-order chi connectivity index (χ0) is 22.9. The van der Waals surface area contributed by atoms with Crippen LogP contribution in [0.25, 0.3) is 0 Å². The average Bonchev–Trinajstić information content (AvgIpc) is 3.20. The quantitative estimate of drug-likeness (QED) is 0.345. The standard InChI is InChI=1S/C22H23FN4O3S2/c1-3-27-19(13-31-12-15-8-10-16(23)11-9-15)25-26-22(27)32-14-20(28)24-18-7-5-4-6-17(18)21(29)30-2/h4-11H,3,12-14H2,1-2H3,(H,24,28). The van der Waals surface area contributed by atoms with E-state index in [4.69, 9.17) is 4.74 Å². The van der Waals surface area contributed by atoms with Gasteiger partial charge in [-0.25, -0.2) is 9.18 Å². The molecule has 0 aliphatic carbocycles. The first-order chi connectivity index (χ1) is 15.5. The third-order valence-corrected chi connectivity index (χ3v) is 6.43. The fraction of sp³-hybridized carbons (Fsp3) is 0.273. The second-order valence-corrected chi connectivity index (χ2v) is 8.56. The number of thioether (sulfide) groups is 2. The highest BCUT2D eigenvalue weighted by molar-refractivity contribution is 7.99. The lowest BCUT2D eigenvalue weighted by atomic mass is 10.2. The molecule has 32 heavy (non-hydrogen) atoms. The number of methoxy groups -OCH3 is 1. The molecule has 0 saturated carbocycles. The fourth-order valence-electron chi connectivity index (χ4n) is 2.89. The predicted molar refractivity (Wildman–Crippen MR) is 124 cm³/mol. The smallest absolute Gasteiger partial charge is 0.339 e. The van der Waals surface area contributed by atoms with Crippen molar-refractivity contribution in [3.05, 3.63) is 71.3 Å². The number of hydrogen-bond acceptors (Lipinski definition) is 7. The highest BCUT2D eigenvalue weighted by Gasteiger charge is 2.16. The summed E-state index contributed by atoms with van der Waals surface area (Å²) in [6.45, 7) is 2.67. The molecular weight excluding hydrogens is 451 g/mol. The SMILES string of the molecule is CCn1c(CSCc2ccc(F)cc2)nnc1SCC(=O)Nc1ccccc1C(=O)OC. The van der Waals surface area contributed by atoms with Crippen molar-refractivity contribution in [2.24, 2.45) is 0 Å². The predicted octanol–water partition coefficient (Wildman–Crippen LogP) is 4.39. The Morgan fingerprint density at radius 1 is 1.09 bits per heavy atom. The molecule has 0 aliphatic rings. The van der Waals surface area contributed by atoms with Crippen LogP contribution >= 0.6 is 23.5 Å². The number of nitrogens with zero attached hydrogens (tertiary/aromatic N) is 3. The molecule has 0 unspecified atom stereocenters. The molecule has 0 radical (unpaired) electrons. The molecule has 2 aromatic carbocycles. The third kappa shape index (κ3) is 6.33. The summed E-state index contributed by atoms with van der Waals surface area (Å²) in [4.78, 5) is 24.3. The molecule has 0 bridgehead atoms. The molecule has 3 aromatic rings. The molecule has 1 aromatic heterocycles. The van der Waals surface area contributed by atoms with Crippen LogP contribution in [-0.2, 0) is 27.6 Å². The number of aromatic nitrogens is 3. The lowest BCUT2D eigenvalue weighted by Gasteiger charge is -2.10. The van der Waals surface area contributed by atoms with E-state index in [0.717, 1.165) is 17.1 Å². The van der Waals surface area contributed by atoms with Crippen LogP contribution in [0.15, 0.2) is 53.7 Å². The number of anilines is 1. The summed E-state index contributed by atoms with van der Waals surface area (Å²) >= 11 is 2.94. The summed E-state index contributed by atoms with van der Waals surface area (Å²) in [5.41, 5.74) is 1.74. The Bertz CT molecular complexity index is 1070. The number of benzene rings is 2. The maximum atomic E-state index is 13.0. The van der Waals surface area contributed by atoms with Gasteiger partial charge in [0.25, 0.3) is 0 Å². The van der Waals surface area contributed by atoms with Crippen LogP contribution in [0.4, 0.5) is 10.1 Å². The zero-order valence-electron chi connectivity index (χ0n) is 17.7. The van der Waals surface area contributed by atoms with Crippen molar-refractivity contribution < 1.29 is 18.7 Å². The normalized spacial score (nSPS) is 10.7. The second kappa shape index (κ2) is 11.7. The van der Waals surface area contributed by atoms with Crippen molar-refractivity contribution >= 4 is 41.1 Å². The molecule has 1 amide bonds. The second-order valence-electron chi connectivity index (χ2n) is 6.64. The van der Waals surface area contributed by atoms with Gasteiger partial charge in [-0.1, -0.05) is 36.0 Å². The minimum atomic E-state index is -0.512. The van der Waals surface area contributed by atoms with Gasteiger partial charge in [0, 0.05) is 12.3 Å². The minimum absolute atomic E-state index is 0.121. The topological polar surface area (TPSA) is 86.1 Å². The third-order valence-electron chi connectivity index (χ3n) is 4.46. The number of hydrogen-bond donors (Lipinski definition) is 1. The Labute approximate surface area is 194 Å². The monoisotopic (exact) mass is 474 g/mol. The van der Waals surface area contributed by atoms with Crippen LogP contribution in [0.3, 0.4) is 0 Å². The summed E-state index contributed by atoms with van der Waals surface area (Å²) in [5, 5.41) is 11.9. The molecule has 168 valence electrons. The summed E-state index contributed by atoms with van der Waals surface area (Å²) in [6, 6.07) is 13.1. The lowest BCUT2D eigenvalue weighted by Crippen LogP contribution is -2.17. The van der Waals surface area contributed by atoms with Crippen LogP contribution in [0.2, 0.25) is 0 Å².